The third-order valence-electron chi connectivity index (χ3n) is 2.59. The Hall–Kier alpha value is -2.34. The number of benzene rings is 1. The molecule has 1 aromatic carbocycles. The maximum absolute atomic E-state index is 11.5. The molecule has 0 radical (unpaired) electrons. The summed E-state index contributed by atoms with van der Waals surface area (Å²) < 4.78 is 1.61. The zero-order chi connectivity index (χ0) is 13.1. The fourth-order valence-electron chi connectivity index (χ4n) is 1.54. The summed E-state index contributed by atoms with van der Waals surface area (Å²) in [5.41, 5.74) is 13.7. The maximum Gasteiger partial charge on any atom is 0.285 e. The first-order chi connectivity index (χ1) is 8.61. The highest BCUT2D eigenvalue weighted by Gasteiger charge is 2.09. The number of aryl methyl sites for hydroxylation is 1. The largest absolute Gasteiger partial charge is 0.398 e. The predicted molar refractivity (Wildman–Crippen MR) is 69.2 cm³/mol. The van der Waals surface area contributed by atoms with Crippen molar-refractivity contribution in [1.29, 1.82) is 0 Å². The molecule has 0 aliphatic rings. The second kappa shape index (κ2) is 4.89. The summed E-state index contributed by atoms with van der Waals surface area (Å²) in [6, 6.07) is 7.28. The van der Waals surface area contributed by atoms with Gasteiger partial charge in [0.15, 0.2) is 5.69 Å². The van der Waals surface area contributed by atoms with Crippen LogP contribution in [-0.4, -0.2) is 22.7 Å². The molecule has 18 heavy (non-hydrogen) atoms. The van der Waals surface area contributed by atoms with Gasteiger partial charge in [-0.15, -0.1) is 0 Å². The van der Waals surface area contributed by atoms with Crippen LogP contribution in [0.5, 0.6) is 0 Å². The molecule has 1 amide bonds. The third kappa shape index (κ3) is 2.33. The summed E-state index contributed by atoms with van der Waals surface area (Å²) in [6.07, 6.45) is 1.72. The van der Waals surface area contributed by atoms with Crippen molar-refractivity contribution in [2.24, 2.45) is 0 Å². The van der Waals surface area contributed by atoms with E-state index in [1.807, 2.05) is 25.1 Å². The van der Waals surface area contributed by atoms with Gasteiger partial charge in [-0.2, -0.15) is 5.10 Å². The molecule has 94 valence electrons. The minimum Gasteiger partial charge on any atom is -0.398 e. The lowest BCUT2D eigenvalue weighted by Gasteiger charge is -2.05. The number of hydrogen-bond donors (Lipinski definition) is 3. The number of carbonyl (C=O) groups excluding carboxylic acids is 1. The lowest BCUT2D eigenvalue weighted by atomic mass is 10.2. The number of amides is 1. The number of hydrazine groups is 1. The van der Waals surface area contributed by atoms with E-state index in [-0.39, 0.29) is 5.91 Å². The first-order valence-electron chi connectivity index (χ1n) is 5.51. The van der Waals surface area contributed by atoms with Crippen LogP contribution < -0.4 is 16.6 Å². The van der Waals surface area contributed by atoms with Gasteiger partial charge in [0.25, 0.3) is 5.91 Å². The van der Waals surface area contributed by atoms with E-state index in [0.717, 1.165) is 11.3 Å². The molecule has 2 aromatic rings. The number of nitrogens with one attached hydrogen (secondary N) is 2. The first kappa shape index (κ1) is 12.1. The quantitative estimate of drug-likeness (QED) is 0.547. The summed E-state index contributed by atoms with van der Waals surface area (Å²) in [5.74, 6) is -0.281. The molecule has 1 aromatic heterocycles. The summed E-state index contributed by atoms with van der Waals surface area (Å²) in [7, 11) is 1.62. The Morgan fingerprint density at radius 1 is 1.39 bits per heavy atom. The van der Waals surface area contributed by atoms with Gasteiger partial charge in [-0.1, -0.05) is 6.07 Å². The Morgan fingerprint density at radius 3 is 2.83 bits per heavy atom. The van der Waals surface area contributed by atoms with Crippen LogP contribution in [0, 0.1) is 6.92 Å². The Balaban J connectivity index is 2.29. The van der Waals surface area contributed by atoms with Gasteiger partial charge in [0.1, 0.15) is 0 Å². The van der Waals surface area contributed by atoms with E-state index in [1.165, 1.54) is 0 Å². The highest BCUT2D eigenvalue weighted by atomic mass is 16.2. The smallest absolute Gasteiger partial charge is 0.285 e. The molecule has 2 rings (SSSR count). The zero-order valence-electron chi connectivity index (χ0n) is 10.3. The van der Waals surface area contributed by atoms with Crippen LogP contribution in [0.2, 0.25) is 0 Å². The minimum atomic E-state index is -0.281. The number of nitrogens with two attached hydrogens (primary N) is 1. The van der Waals surface area contributed by atoms with Crippen molar-refractivity contribution >= 4 is 11.6 Å². The lowest BCUT2D eigenvalue weighted by Crippen LogP contribution is -2.34. The van der Waals surface area contributed by atoms with Crippen LogP contribution in [-0.2, 0) is 0 Å². The summed E-state index contributed by atoms with van der Waals surface area (Å²) in [4.78, 5) is 11.5. The van der Waals surface area contributed by atoms with E-state index in [1.54, 1.807) is 24.0 Å². The molecule has 1 heterocycles. The number of nitrogens with zero attached hydrogens (tertiary/aromatic N) is 2. The van der Waals surface area contributed by atoms with Crippen molar-refractivity contribution in [3.05, 3.63) is 41.7 Å². The van der Waals surface area contributed by atoms with E-state index < -0.39 is 0 Å². The molecule has 0 fully saturated rings. The first-order valence-corrected chi connectivity index (χ1v) is 5.51. The molecule has 4 N–H and O–H groups in total. The number of rotatable bonds is 3. The fraction of sp³-hybridized carbons (Fsp3) is 0.167. The maximum atomic E-state index is 11.5. The van der Waals surface area contributed by atoms with Gasteiger partial charge in [-0.3, -0.25) is 10.2 Å². The lowest BCUT2D eigenvalue weighted by molar-refractivity contribution is 0.0932. The van der Waals surface area contributed by atoms with Gasteiger partial charge < -0.3 is 5.73 Å². The average molecular weight is 245 g/mol. The Bertz CT molecular complexity index is 576. The van der Waals surface area contributed by atoms with Crippen LogP contribution in [0.25, 0.3) is 5.69 Å². The van der Waals surface area contributed by atoms with E-state index in [2.05, 4.69) is 16.0 Å². The molecule has 0 spiro atoms. The number of carbonyl (C=O) groups is 1. The van der Waals surface area contributed by atoms with Crippen LogP contribution in [0.3, 0.4) is 0 Å². The predicted octanol–water partition coefficient (Wildman–Crippen LogP) is 0.627. The third-order valence-corrected chi connectivity index (χ3v) is 2.59. The van der Waals surface area contributed by atoms with E-state index in [9.17, 15) is 4.79 Å². The molecule has 0 bridgehead atoms. The van der Waals surface area contributed by atoms with Gasteiger partial charge in [0.2, 0.25) is 0 Å². The molecule has 0 saturated carbocycles. The molecule has 6 nitrogen and oxygen atoms in total. The SMILES string of the molecule is CNNC(=O)c1ccn(-c2ccc(C)c(N)c2)n1. The van der Waals surface area contributed by atoms with Crippen LogP contribution >= 0.6 is 0 Å². The fourth-order valence-corrected chi connectivity index (χ4v) is 1.54. The highest BCUT2D eigenvalue weighted by Crippen LogP contribution is 2.16. The van der Waals surface area contributed by atoms with Gasteiger partial charge in [-0.05, 0) is 30.7 Å². The normalized spacial score (nSPS) is 10.3. The molecule has 0 aliphatic heterocycles. The summed E-state index contributed by atoms with van der Waals surface area (Å²) in [6.45, 7) is 1.94. The minimum absolute atomic E-state index is 0.281. The van der Waals surface area contributed by atoms with Crippen LogP contribution in [0.4, 0.5) is 5.69 Å². The van der Waals surface area contributed by atoms with Crippen molar-refractivity contribution < 1.29 is 4.79 Å². The standard InChI is InChI=1S/C12H15N5O/c1-8-3-4-9(7-10(8)13)17-6-5-11(16-17)12(18)15-14-2/h3-7,14H,13H2,1-2H3,(H,15,18). The molecular weight excluding hydrogens is 230 g/mol. The van der Waals surface area contributed by atoms with E-state index >= 15 is 0 Å². The highest BCUT2D eigenvalue weighted by molar-refractivity contribution is 5.91. The van der Waals surface area contributed by atoms with Gasteiger partial charge >= 0.3 is 0 Å². The number of anilines is 1. The molecular formula is C12H15N5O. The Morgan fingerprint density at radius 2 is 2.17 bits per heavy atom. The zero-order valence-corrected chi connectivity index (χ0v) is 10.3. The topological polar surface area (TPSA) is 85.0 Å². The molecule has 0 saturated heterocycles. The molecule has 0 atom stereocenters. The second-order valence-corrected chi connectivity index (χ2v) is 3.89. The Kier molecular flexibility index (Phi) is 3.29. The number of aromatic nitrogens is 2. The van der Waals surface area contributed by atoms with Crippen molar-refractivity contribution in [2.45, 2.75) is 6.92 Å². The Labute approximate surface area is 105 Å². The van der Waals surface area contributed by atoms with Crippen molar-refractivity contribution in [2.75, 3.05) is 12.8 Å². The van der Waals surface area contributed by atoms with Crippen LogP contribution in [0.1, 0.15) is 16.1 Å². The van der Waals surface area contributed by atoms with Crippen molar-refractivity contribution in [3.63, 3.8) is 0 Å². The van der Waals surface area contributed by atoms with E-state index in [0.29, 0.717) is 11.4 Å². The number of nitrogen functional groups attached to an aromatic ring is 1. The van der Waals surface area contributed by atoms with Crippen molar-refractivity contribution in [3.8, 4) is 5.69 Å². The van der Waals surface area contributed by atoms with Gasteiger partial charge in [-0.25, -0.2) is 10.1 Å². The number of hydrogen-bond acceptors (Lipinski definition) is 4. The summed E-state index contributed by atoms with van der Waals surface area (Å²) in [5, 5.41) is 4.18. The van der Waals surface area contributed by atoms with Gasteiger partial charge in [0.05, 0.1) is 5.69 Å². The molecule has 0 aliphatic carbocycles. The van der Waals surface area contributed by atoms with Crippen molar-refractivity contribution in [1.82, 2.24) is 20.6 Å². The molecule has 0 unspecified atom stereocenters. The van der Waals surface area contributed by atoms with Gasteiger partial charge in [0, 0.05) is 18.9 Å². The monoisotopic (exact) mass is 245 g/mol. The second-order valence-electron chi connectivity index (χ2n) is 3.89. The average Bonchev–Trinajstić information content (AvgIpc) is 2.82. The molecule has 6 heteroatoms. The summed E-state index contributed by atoms with van der Waals surface area (Å²) >= 11 is 0. The van der Waals surface area contributed by atoms with Crippen LogP contribution in [0.15, 0.2) is 30.5 Å². The van der Waals surface area contributed by atoms with E-state index in [4.69, 9.17) is 5.73 Å².